The molecule has 0 saturated heterocycles. The summed E-state index contributed by atoms with van der Waals surface area (Å²) in [5, 5.41) is 0. The van der Waals surface area contributed by atoms with Crippen LogP contribution in [0.3, 0.4) is 0 Å². The fourth-order valence-electron chi connectivity index (χ4n) is 0.354. The molecule has 0 aromatic carbocycles. The molecule has 8 heavy (non-hydrogen) atoms. The minimum Gasteiger partial charge on any atom is -0.153 e. The maximum Gasteiger partial charge on any atom is -0.0538 e. The molecule has 0 aliphatic carbocycles. The molecule has 0 radical (unpaired) electrons. The first-order chi connectivity index (χ1) is 2.41. The molecule has 0 N–H and O–H groups in total. The average Bonchev–Trinajstić information content (AvgIpc) is 1.41. The van der Waals surface area contributed by atoms with E-state index < -0.39 is 0 Å². The Morgan fingerprint density at radius 2 is 1.12 bits per heavy atom. The highest BCUT2D eigenvalue weighted by Gasteiger charge is 1.68. The Morgan fingerprint density at radius 3 is 1.12 bits per heavy atom. The van der Waals surface area contributed by atoms with Crippen molar-refractivity contribution in [2.45, 2.75) is 40.5 Å². The van der Waals surface area contributed by atoms with E-state index >= 15 is 0 Å². The molecule has 0 saturated carbocycles. The second-order valence-corrected chi connectivity index (χ2v) is 1.35. The normalized spacial score (nSPS) is 5.25. The lowest BCUT2D eigenvalue weighted by Crippen LogP contribution is -1.59. The van der Waals surface area contributed by atoms with Crippen LogP contribution in [0.4, 0.5) is 0 Å². The van der Waals surface area contributed by atoms with Crippen LogP contribution in [-0.4, -0.2) is 0 Å². The summed E-state index contributed by atoms with van der Waals surface area (Å²) in [4.78, 5) is 0. The van der Waals surface area contributed by atoms with Gasteiger partial charge in [-0.1, -0.05) is 40.5 Å². The van der Waals surface area contributed by atoms with E-state index in [0.717, 1.165) is 0 Å². The van der Waals surface area contributed by atoms with Gasteiger partial charge < -0.3 is 0 Å². The summed E-state index contributed by atoms with van der Waals surface area (Å²) < 4.78 is 0. The molecule has 0 fully saturated rings. The predicted octanol–water partition coefficient (Wildman–Crippen LogP) is 2.95. The Labute approximate surface area is 61.1 Å². The van der Waals surface area contributed by atoms with Crippen molar-refractivity contribution in [3.8, 4) is 0 Å². The van der Waals surface area contributed by atoms with Crippen LogP contribution in [0.2, 0.25) is 0 Å². The third-order valence-electron chi connectivity index (χ3n) is 0.707. The van der Waals surface area contributed by atoms with Gasteiger partial charge in [-0.05, 0) is 0 Å². The van der Waals surface area contributed by atoms with Crippen molar-refractivity contribution in [2.75, 3.05) is 0 Å². The Bertz CT molecular complexity index is 14.0. The molecule has 2 heteroatoms. The van der Waals surface area contributed by atoms with Crippen LogP contribution in [-0.2, 0) is 0 Å². The van der Waals surface area contributed by atoms with Crippen LogP contribution in [0.1, 0.15) is 40.5 Å². The van der Waals surface area contributed by atoms with Gasteiger partial charge in [-0.3, -0.25) is 0 Å². The van der Waals surface area contributed by atoms with Gasteiger partial charge in [0, 0.05) is 0 Å². The highest BCUT2D eigenvalue weighted by molar-refractivity contribution is 6.92. The zero-order valence-corrected chi connectivity index (χ0v) is 8.36. The first kappa shape index (κ1) is 23.2. The minimum atomic E-state index is 0. The van der Waals surface area contributed by atoms with Gasteiger partial charge in [0.15, 0.2) is 0 Å². The molecule has 0 aliphatic heterocycles. The number of hydrogen-bond acceptors (Lipinski definition) is 0. The largest absolute Gasteiger partial charge is 0.153 e. The quantitative estimate of drug-likeness (QED) is 0.539. The summed E-state index contributed by atoms with van der Waals surface area (Å²) in [6, 6.07) is 0. The van der Waals surface area contributed by atoms with Gasteiger partial charge in [-0.25, -0.2) is 0 Å². The maximum atomic E-state index is 2.21. The van der Waals surface area contributed by atoms with Crippen LogP contribution in [0, 0.1) is 0 Å². The van der Waals surface area contributed by atoms with Crippen LogP contribution >= 0.6 is 19.8 Å². The molecule has 0 bridgehead atoms. The first-order valence-corrected chi connectivity index (χ1v) is 2.41. The van der Waals surface area contributed by atoms with Crippen LogP contribution in [0.5, 0.6) is 0 Å². The van der Waals surface area contributed by atoms with Gasteiger partial charge in [0.2, 0.25) is 0 Å². The minimum absolute atomic E-state index is 0. The molecule has 56 valence electrons. The maximum absolute atomic E-state index is 2.21. The van der Waals surface area contributed by atoms with Crippen molar-refractivity contribution in [1.29, 1.82) is 0 Å². The Kier molecular flexibility index (Phi) is 71.9. The highest BCUT2D eigenvalue weighted by Crippen LogP contribution is 1.88. The fourth-order valence-corrected chi connectivity index (χ4v) is 0.354. The van der Waals surface area contributed by atoms with E-state index in [2.05, 4.69) is 13.8 Å². The van der Waals surface area contributed by atoms with Crippen molar-refractivity contribution in [2.24, 2.45) is 0 Å². The Hall–Kier alpha value is 0.860. The zero-order valence-electron chi connectivity index (χ0n) is 5.54. The average molecular weight is 156 g/mol. The van der Waals surface area contributed by atoms with E-state index in [1.165, 1.54) is 19.3 Å². The highest BCUT2D eigenvalue weighted by atomic mass is 31.0. The van der Waals surface area contributed by atoms with Gasteiger partial charge in [0.05, 0.1) is 0 Å². The van der Waals surface area contributed by atoms with Gasteiger partial charge in [-0.2, -0.15) is 19.8 Å². The van der Waals surface area contributed by atoms with Gasteiger partial charge >= 0.3 is 0 Å². The van der Waals surface area contributed by atoms with Crippen molar-refractivity contribution >= 4 is 19.8 Å². The molecule has 0 aromatic heterocycles. The van der Waals surface area contributed by atoms with Crippen LogP contribution in [0.25, 0.3) is 0 Å². The smallest absolute Gasteiger partial charge is 0.0538 e. The molecule has 2 atom stereocenters. The van der Waals surface area contributed by atoms with Gasteiger partial charge in [0.1, 0.15) is 0 Å². The van der Waals surface area contributed by atoms with Crippen molar-refractivity contribution in [3.63, 3.8) is 0 Å². The Balaban J connectivity index is -0.0000000267. The van der Waals surface area contributed by atoms with E-state index in [-0.39, 0.29) is 27.2 Å². The Morgan fingerprint density at radius 1 is 0.875 bits per heavy atom. The topological polar surface area (TPSA) is 0 Å². The predicted molar refractivity (Wildman–Crippen MR) is 54.1 cm³/mol. The van der Waals surface area contributed by atoms with E-state index in [9.17, 15) is 0 Å². The third kappa shape index (κ3) is 28.8. The molecule has 2 unspecified atom stereocenters. The standard InChI is InChI=1S/C5H12.CH4.2H3P/c1-3-5-4-2;;;/h3-5H2,1-2H3;1H4;2*1H3. The van der Waals surface area contributed by atoms with Gasteiger partial charge in [0.25, 0.3) is 0 Å². The molecular weight excluding hydrogens is 134 g/mol. The SMILES string of the molecule is C.CCCCC.P.P. The zero-order chi connectivity index (χ0) is 4.12. The van der Waals surface area contributed by atoms with Crippen molar-refractivity contribution in [3.05, 3.63) is 0 Å². The molecule has 0 amide bonds. The van der Waals surface area contributed by atoms with Crippen LogP contribution < -0.4 is 0 Å². The molecular formula is C6H22P2. The summed E-state index contributed by atoms with van der Waals surface area (Å²) in [6.45, 7) is 4.42. The second kappa shape index (κ2) is 24.8. The monoisotopic (exact) mass is 156 g/mol. The second-order valence-electron chi connectivity index (χ2n) is 1.35. The summed E-state index contributed by atoms with van der Waals surface area (Å²) in [6.07, 6.45) is 4.08. The number of unbranched alkanes of at least 4 members (excludes halogenated alkanes) is 2. The van der Waals surface area contributed by atoms with E-state index in [0.29, 0.717) is 0 Å². The van der Waals surface area contributed by atoms with Crippen molar-refractivity contribution < 1.29 is 0 Å². The van der Waals surface area contributed by atoms with Crippen molar-refractivity contribution in [1.82, 2.24) is 0 Å². The van der Waals surface area contributed by atoms with Crippen LogP contribution in [0.15, 0.2) is 0 Å². The molecule has 0 nitrogen and oxygen atoms in total. The summed E-state index contributed by atoms with van der Waals surface area (Å²) in [5.74, 6) is 0. The first-order valence-electron chi connectivity index (χ1n) is 2.41. The number of hydrogen-bond donors (Lipinski definition) is 0. The fraction of sp³-hybridized carbons (Fsp3) is 1.00. The summed E-state index contributed by atoms with van der Waals surface area (Å²) in [7, 11) is 0. The lowest BCUT2D eigenvalue weighted by molar-refractivity contribution is 0.772. The molecule has 0 aromatic rings. The molecule has 0 rings (SSSR count). The van der Waals surface area contributed by atoms with Gasteiger partial charge in [-0.15, -0.1) is 0 Å². The molecule has 0 spiro atoms. The van der Waals surface area contributed by atoms with E-state index in [1.807, 2.05) is 0 Å². The van der Waals surface area contributed by atoms with E-state index in [1.54, 1.807) is 0 Å². The lowest BCUT2D eigenvalue weighted by Gasteiger charge is -1.79. The lowest BCUT2D eigenvalue weighted by atomic mass is 10.3. The molecule has 0 heterocycles. The third-order valence-corrected chi connectivity index (χ3v) is 0.707. The molecule has 0 aliphatic rings. The van der Waals surface area contributed by atoms with E-state index in [4.69, 9.17) is 0 Å². The summed E-state index contributed by atoms with van der Waals surface area (Å²) in [5.41, 5.74) is 0. The number of rotatable bonds is 2. The summed E-state index contributed by atoms with van der Waals surface area (Å²) >= 11 is 0.